The predicted molar refractivity (Wildman–Crippen MR) is 188 cm³/mol. The molecule has 238 valence electrons. The minimum absolute atomic E-state index is 0. The Labute approximate surface area is 295 Å². The number of aryl methyl sites for hydroxylation is 2. The average Bonchev–Trinajstić information content (AvgIpc) is 3.61. The van der Waals surface area contributed by atoms with Crippen LogP contribution in [0.5, 0.6) is 0 Å². The van der Waals surface area contributed by atoms with E-state index >= 15 is 0 Å². The van der Waals surface area contributed by atoms with Crippen molar-refractivity contribution < 1.29 is 45.1 Å². The third-order valence-electron chi connectivity index (χ3n) is 11.2. The van der Waals surface area contributed by atoms with Crippen molar-refractivity contribution >= 4 is 12.2 Å². The number of benzene rings is 4. The van der Waals surface area contributed by atoms with Gasteiger partial charge < -0.3 is 24.8 Å². The molecule has 7 rings (SSSR count). The van der Waals surface area contributed by atoms with Crippen LogP contribution in [0, 0.1) is 0 Å². The molecule has 3 aliphatic rings. The molecule has 1 aliphatic heterocycles. The molecule has 0 saturated carbocycles. The van der Waals surface area contributed by atoms with Crippen LogP contribution in [0.1, 0.15) is 100 Å². The number of fused-ring (bicyclic) bond motifs is 2. The SMILES string of the molecule is CCCc1ccc(-c2cccc3c2C=C(CC)[CH]3[Zr+2]2([CH]3C(CC)=Cc4c(-c5ccc(CCC)cc5)cccc43)[CH2]C[CH2]2)cc1.[Cl-].[Cl-]. The van der Waals surface area contributed by atoms with Gasteiger partial charge in [0, 0.05) is 0 Å². The number of hydrogen-bond donors (Lipinski definition) is 0. The number of allylic oxidation sites excluding steroid dienone is 2. The summed E-state index contributed by atoms with van der Waals surface area (Å²) in [7, 11) is 0. The van der Waals surface area contributed by atoms with Crippen LogP contribution < -0.4 is 24.8 Å². The summed E-state index contributed by atoms with van der Waals surface area (Å²) in [5.74, 6) is 0. The van der Waals surface area contributed by atoms with E-state index in [1.54, 1.807) is 22.3 Å². The molecule has 0 spiro atoms. The van der Waals surface area contributed by atoms with Crippen molar-refractivity contribution in [1.82, 2.24) is 0 Å². The molecule has 1 saturated heterocycles. The van der Waals surface area contributed by atoms with E-state index < -0.39 is 20.3 Å². The molecule has 4 aromatic rings. The van der Waals surface area contributed by atoms with Gasteiger partial charge in [0.25, 0.3) is 0 Å². The van der Waals surface area contributed by atoms with Crippen molar-refractivity contribution in [2.24, 2.45) is 0 Å². The summed E-state index contributed by atoms with van der Waals surface area (Å²) < 4.78 is 4.42. The molecular formula is C43H48Cl2Zr. The Morgan fingerprint density at radius 3 is 1.28 bits per heavy atom. The fourth-order valence-electron chi connectivity index (χ4n) is 9.01. The zero-order chi connectivity index (χ0) is 30.3. The molecule has 0 N–H and O–H groups in total. The van der Waals surface area contributed by atoms with E-state index in [1.807, 2.05) is 0 Å². The van der Waals surface area contributed by atoms with Crippen LogP contribution in [0.4, 0.5) is 0 Å². The van der Waals surface area contributed by atoms with E-state index in [0.717, 1.165) is 12.8 Å². The summed E-state index contributed by atoms with van der Waals surface area (Å²) >= 11 is -2.80. The van der Waals surface area contributed by atoms with Crippen LogP contribution >= 0.6 is 0 Å². The Kier molecular flexibility index (Phi) is 11.4. The van der Waals surface area contributed by atoms with Gasteiger partial charge in [-0.1, -0.05) is 0 Å². The molecule has 0 radical (unpaired) electrons. The molecule has 3 heteroatoms. The molecule has 0 bridgehead atoms. The van der Waals surface area contributed by atoms with E-state index in [2.05, 4.69) is 125 Å². The summed E-state index contributed by atoms with van der Waals surface area (Å²) in [6.45, 7) is 9.37. The van der Waals surface area contributed by atoms with Crippen LogP contribution in [-0.4, -0.2) is 0 Å². The third kappa shape index (κ3) is 6.00. The first-order valence-corrected chi connectivity index (χ1v) is 23.8. The maximum absolute atomic E-state index is 2.80. The average molecular weight is 727 g/mol. The maximum Gasteiger partial charge on any atom is -1.00 e. The van der Waals surface area contributed by atoms with Gasteiger partial charge in [-0.15, -0.1) is 0 Å². The van der Waals surface area contributed by atoms with Gasteiger partial charge in [-0.2, -0.15) is 0 Å². The Hall–Kier alpha value is -2.18. The van der Waals surface area contributed by atoms with E-state index in [1.165, 1.54) is 84.9 Å². The fraction of sp³-hybridized carbons (Fsp3) is 0.349. The largest absolute Gasteiger partial charge is 1.00 e. The fourth-order valence-corrected chi connectivity index (χ4v) is 24.9. The van der Waals surface area contributed by atoms with Gasteiger partial charge in [0.1, 0.15) is 0 Å². The topological polar surface area (TPSA) is 0 Å². The van der Waals surface area contributed by atoms with Crippen molar-refractivity contribution in [3.63, 3.8) is 0 Å². The quantitative estimate of drug-likeness (QED) is 0.170. The van der Waals surface area contributed by atoms with Crippen LogP contribution in [-0.2, 0) is 33.1 Å². The van der Waals surface area contributed by atoms with Crippen LogP contribution in [0.25, 0.3) is 34.4 Å². The second-order valence-corrected chi connectivity index (χ2v) is 25.0. The molecule has 46 heavy (non-hydrogen) atoms. The van der Waals surface area contributed by atoms with Crippen LogP contribution in [0.15, 0.2) is 96.1 Å². The van der Waals surface area contributed by atoms with Gasteiger partial charge in [0.05, 0.1) is 0 Å². The van der Waals surface area contributed by atoms with Gasteiger partial charge in [-0.3, -0.25) is 0 Å². The standard InChI is InChI=1S/2C20H21.C3H6.2ClH.Zr/c2*1-3-6-16-9-11-17(12-10-16)19-8-5-7-18-13-15(4-2)14-20(18)19;1-3-2;;;/h2*5,7-14H,3-4,6H2,1-2H3;1-3H2;2*1H;/q;;;;;+2/p-2. The third-order valence-corrected chi connectivity index (χ3v) is 26.5. The molecule has 1 heterocycles. The Balaban J connectivity index is 0.00000208. The number of hydrogen-bond acceptors (Lipinski definition) is 0. The van der Waals surface area contributed by atoms with Crippen LogP contribution in [0.3, 0.4) is 0 Å². The minimum Gasteiger partial charge on any atom is -1.00 e. The summed E-state index contributed by atoms with van der Waals surface area (Å²) in [6.07, 6.45) is 13.8. The Morgan fingerprint density at radius 2 is 0.957 bits per heavy atom. The van der Waals surface area contributed by atoms with E-state index in [9.17, 15) is 0 Å². The number of rotatable bonds is 10. The minimum atomic E-state index is -2.80. The van der Waals surface area contributed by atoms with Crippen molar-refractivity contribution in [3.05, 3.63) is 129 Å². The van der Waals surface area contributed by atoms with Crippen LogP contribution in [0.2, 0.25) is 8.26 Å². The summed E-state index contributed by atoms with van der Waals surface area (Å²) in [5, 5.41) is 0. The van der Waals surface area contributed by atoms with Crippen molar-refractivity contribution in [3.8, 4) is 22.3 Å². The molecule has 4 aromatic carbocycles. The van der Waals surface area contributed by atoms with Crippen molar-refractivity contribution in [2.75, 3.05) is 0 Å². The van der Waals surface area contributed by atoms with Gasteiger partial charge in [0.2, 0.25) is 0 Å². The summed E-state index contributed by atoms with van der Waals surface area (Å²) in [5.41, 5.74) is 18.4. The Morgan fingerprint density at radius 1 is 0.543 bits per heavy atom. The Bertz CT molecular complexity index is 1600. The second kappa shape index (κ2) is 14.9. The van der Waals surface area contributed by atoms with Gasteiger partial charge in [-0.25, -0.2) is 0 Å². The van der Waals surface area contributed by atoms with E-state index in [0.29, 0.717) is 7.25 Å². The molecule has 0 amide bonds. The zero-order valence-corrected chi connectivity index (χ0v) is 32.0. The zero-order valence-electron chi connectivity index (χ0n) is 28.0. The monoisotopic (exact) mass is 724 g/mol. The first-order chi connectivity index (χ1) is 21.6. The summed E-state index contributed by atoms with van der Waals surface area (Å²) in [4.78, 5) is 0. The maximum atomic E-state index is 2.64. The van der Waals surface area contributed by atoms with Crippen molar-refractivity contribution in [1.29, 1.82) is 0 Å². The summed E-state index contributed by atoms with van der Waals surface area (Å²) in [6, 6.07) is 33.4. The van der Waals surface area contributed by atoms with Gasteiger partial charge >= 0.3 is 272 Å². The van der Waals surface area contributed by atoms with Gasteiger partial charge in [-0.05, 0) is 0 Å². The predicted octanol–water partition coefficient (Wildman–Crippen LogP) is 6.72. The van der Waals surface area contributed by atoms with Crippen molar-refractivity contribution in [2.45, 2.75) is 88.1 Å². The molecule has 0 aromatic heterocycles. The number of halogens is 2. The molecule has 2 aliphatic carbocycles. The first-order valence-electron chi connectivity index (χ1n) is 17.5. The van der Waals surface area contributed by atoms with E-state index in [-0.39, 0.29) is 24.8 Å². The molecule has 2 atom stereocenters. The normalized spacial score (nSPS) is 18.1. The molecular weight excluding hydrogens is 679 g/mol. The smallest absolute Gasteiger partial charge is 1.00 e. The van der Waals surface area contributed by atoms with E-state index in [4.69, 9.17) is 0 Å². The molecule has 1 fully saturated rings. The second-order valence-electron chi connectivity index (χ2n) is 13.6. The molecule has 2 unspecified atom stereocenters. The van der Waals surface area contributed by atoms with Gasteiger partial charge in [0.15, 0.2) is 0 Å². The molecule has 0 nitrogen and oxygen atoms in total. The first kappa shape index (κ1) is 35.1.